The number of nitrogens with zero attached hydrogens (tertiary/aromatic N) is 2. The molecular formula is C24H31N3O4S. The predicted octanol–water partition coefficient (Wildman–Crippen LogP) is 2.84. The van der Waals surface area contributed by atoms with Crippen LogP contribution in [0, 0.1) is 0 Å². The van der Waals surface area contributed by atoms with E-state index in [0.29, 0.717) is 17.7 Å². The van der Waals surface area contributed by atoms with Crippen molar-refractivity contribution >= 4 is 32.9 Å². The monoisotopic (exact) mass is 457 g/mol. The highest BCUT2D eigenvalue weighted by Crippen LogP contribution is 2.17. The molecule has 1 aliphatic rings. The number of nitrogens with one attached hydrogen (secondary N) is 1. The second kappa shape index (κ2) is 11.2. The van der Waals surface area contributed by atoms with Gasteiger partial charge in [-0.2, -0.15) is 0 Å². The van der Waals surface area contributed by atoms with Gasteiger partial charge in [-0.05, 0) is 43.7 Å². The van der Waals surface area contributed by atoms with Crippen LogP contribution < -0.4 is 10.2 Å². The Morgan fingerprint density at radius 3 is 2.34 bits per heavy atom. The average molecular weight is 458 g/mol. The van der Waals surface area contributed by atoms with E-state index in [1.807, 2.05) is 6.07 Å². The van der Waals surface area contributed by atoms with E-state index in [1.54, 1.807) is 24.3 Å². The molecule has 0 saturated carbocycles. The minimum Gasteiger partial charge on any atom is -0.369 e. The van der Waals surface area contributed by atoms with Crippen LogP contribution >= 0.6 is 0 Å². The van der Waals surface area contributed by atoms with Gasteiger partial charge < -0.3 is 10.2 Å². The van der Waals surface area contributed by atoms with Crippen LogP contribution in [0.15, 0.2) is 54.6 Å². The Balaban J connectivity index is 1.38. The Morgan fingerprint density at radius 2 is 1.66 bits per heavy atom. The van der Waals surface area contributed by atoms with Gasteiger partial charge in [-0.3, -0.25) is 14.5 Å². The quantitative estimate of drug-likeness (QED) is 0.436. The molecular weight excluding hydrogens is 426 g/mol. The molecule has 0 radical (unpaired) electrons. The topological polar surface area (TPSA) is 86.8 Å². The maximum Gasteiger partial charge on any atom is 0.239 e. The summed E-state index contributed by atoms with van der Waals surface area (Å²) >= 11 is 0. The molecule has 0 aromatic heterocycles. The van der Waals surface area contributed by atoms with Gasteiger partial charge in [0.15, 0.2) is 15.6 Å². The largest absolute Gasteiger partial charge is 0.369 e. The third kappa shape index (κ3) is 7.76. The zero-order chi connectivity index (χ0) is 23.0. The molecule has 1 amide bonds. The molecule has 0 atom stereocenters. The summed E-state index contributed by atoms with van der Waals surface area (Å²) in [4.78, 5) is 29.2. The van der Waals surface area contributed by atoms with Crippen molar-refractivity contribution in [1.82, 2.24) is 4.90 Å². The highest BCUT2D eigenvalue weighted by atomic mass is 32.2. The fraction of sp³-hybridized carbons (Fsp3) is 0.417. The molecule has 1 N–H and O–H groups in total. The molecule has 3 rings (SSSR count). The van der Waals surface area contributed by atoms with Crippen LogP contribution in [-0.4, -0.2) is 69.7 Å². The van der Waals surface area contributed by atoms with E-state index in [1.165, 1.54) is 5.69 Å². The minimum absolute atomic E-state index is 0.0260. The second-order valence-electron chi connectivity index (χ2n) is 8.24. The zero-order valence-corrected chi connectivity index (χ0v) is 19.3. The SMILES string of the molecule is CS(=O)(=O)CC(=O)Nc1cccc(C(=O)CCCCN2CCN(c3ccccc3)CC2)c1. The first-order chi connectivity index (χ1) is 15.3. The van der Waals surface area contributed by atoms with E-state index in [0.717, 1.165) is 51.8 Å². The van der Waals surface area contributed by atoms with Gasteiger partial charge in [0, 0.05) is 55.8 Å². The molecule has 2 aromatic rings. The van der Waals surface area contributed by atoms with Crippen molar-refractivity contribution in [3.63, 3.8) is 0 Å². The summed E-state index contributed by atoms with van der Waals surface area (Å²) in [6.07, 6.45) is 3.23. The number of piperazine rings is 1. The van der Waals surface area contributed by atoms with E-state index < -0.39 is 21.5 Å². The van der Waals surface area contributed by atoms with Gasteiger partial charge in [0.05, 0.1) is 0 Å². The predicted molar refractivity (Wildman–Crippen MR) is 128 cm³/mol. The molecule has 7 nitrogen and oxygen atoms in total. The number of benzene rings is 2. The van der Waals surface area contributed by atoms with Crippen LogP contribution in [0.25, 0.3) is 0 Å². The third-order valence-electron chi connectivity index (χ3n) is 5.48. The number of amides is 1. The highest BCUT2D eigenvalue weighted by Gasteiger charge is 2.17. The first-order valence-corrected chi connectivity index (χ1v) is 13.0. The van der Waals surface area contributed by atoms with Crippen LogP contribution in [0.4, 0.5) is 11.4 Å². The van der Waals surface area contributed by atoms with Crippen molar-refractivity contribution in [1.29, 1.82) is 0 Å². The maximum absolute atomic E-state index is 12.5. The second-order valence-corrected chi connectivity index (χ2v) is 10.4. The van der Waals surface area contributed by atoms with Crippen molar-refractivity contribution in [2.45, 2.75) is 19.3 Å². The van der Waals surface area contributed by atoms with Crippen molar-refractivity contribution in [2.75, 3.05) is 54.9 Å². The number of hydrogen-bond acceptors (Lipinski definition) is 6. The van der Waals surface area contributed by atoms with Crippen LogP contribution in [0.5, 0.6) is 0 Å². The van der Waals surface area contributed by atoms with Crippen molar-refractivity contribution in [3.8, 4) is 0 Å². The molecule has 0 spiro atoms. The summed E-state index contributed by atoms with van der Waals surface area (Å²) in [6.45, 7) is 5.06. The van der Waals surface area contributed by atoms with Gasteiger partial charge in [0.2, 0.25) is 5.91 Å². The zero-order valence-electron chi connectivity index (χ0n) is 18.5. The van der Waals surface area contributed by atoms with Gasteiger partial charge in [0.25, 0.3) is 0 Å². The van der Waals surface area contributed by atoms with Gasteiger partial charge in [0.1, 0.15) is 5.75 Å². The first kappa shape index (κ1) is 23.9. The fourth-order valence-corrected chi connectivity index (χ4v) is 4.39. The molecule has 172 valence electrons. The smallest absolute Gasteiger partial charge is 0.239 e. The lowest BCUT2D eigenvalue weighted by molar-refractivity contribution is -0.113. The highest BCUT2D eigenvalue weighted by molar-refractivity contribution is 7.91. The number of sulfone groups is 1. The van der Waals surface area contributed by atoms with Gasteiger partial charge in [-0.1, -0.05) is 30.3 Å². The minimum atomic E-state index is -3.40. The Bertz CT molecular complexity index is 1020. The molecule has 8 heteroatoms. The molecule has 2 aromatic carbocycles. The van der Waals surface area contributed by atoms with Crippen LogP contribution in [-0.2, 0) is 14.6 Å². The number of rotatable bonds is 10. The number of Topliss-reactive ketones (excluding diaryl/α,β-unsaturated/α-hetero) is 1. The molecule has 32 heavy (non-hydrogen) atoms. The van der Waals surface area contributed by atoms with Crippen LogP contribution in [0.2, 0.25) is 0 Å². The number of carbonyl (C=O) groups excluding carboxylic acids is 2. The van der Waals surface area contributed by atoms with E-state index >= 15 is 0 Å². The number of hydrogen-bond donors (Lipinski definition) is 1. The van der Waals surface area contributed by atoms with Gasteiger partial charge >= 0.3 is 0 Å². The number of para-hydroxylation sites is 1. The van der Waals surface area contributed by atoms with Gasteiger partial charge in [-0.15, -0.1) is 0 Å². The summed E-state index contributed by atoms with van der Waals surface area (Å²) in [7, 11) is -3.40. The summed E-state index contributed by atoms with van der Waals surface area (Å²) in [6, 6.07) is 17.1. The summed E-state index contributed by atoms with van der Waals surface area (Å²) in [5, 5.41) is 2.54. The Hall–Kier alpha value is -2.71. The van der Waals surface area contributed by atoms with E-state index in [9.17, 15) is 18.0 Å². The van der Waals surface area contributed by atoms with Crippen molar-refractivity contribution < 1.29 is 18.0 Å². The average Bonchev–Trinajstić information content (AvgIpc) is 2.76. The number of anilines is 2. The Labute approximate surface area is 190 Å². The first-order valence-electron chi connectivity index (χ1n) is 10.9. The molecule has 0 bridgehead atoms. The molecule has 1 heterocycles. The fourth-order valence-electron chi connectivity index (χ4n) is 3.84. The molecule has 1 saturated heterocycles. The lowest BCUT2D eigenvalue weighted by Gasteiger charge is -2.36. The molecule has 0 unspecified atom stereocenters. The lowest BCUT2D eigenvalue weighted by atomic mass is 10.0. The van der Waals surface area contributed by atoms with E-state index in [-0.39, 0.29) is 5.78 Å². The van der Waals surface area contributed by atoms with E-state index in [2.05, 4.69) is 39.4 Å². The number of carbonyl (C=O) groups is 2. The van der Waals surface area contributed by atoms with E-state index in [4.69, 9.17) is 0 Å². The standard InChI is InChI=1S/C24H31N3O4S/c1-32(30,31)19-24(29)25-21-9-7-8-20(18-21)23(28)12-5-6-13-26-14-16-27(17-15-26)22-10-3-2-4-11-22/h2-4,7-11,18H,5-6,12-17,19H2,1H3,(H,25,29). The lowest BCUT2D eigenvalue weighted by Crippen LogP contribution is -2.46. The summed E-state index contributed by atoms with van der Waals surface area (Å²) in [5.74, 6) is -1.16. The van der Waals surface area contributed by atoms with Crippen LogP contribution in [0.1, 0.15) is 29.6 Å². The summed E-state index contributed by atoms with van der Waals surface area (Å²) in [5.41, 5.74) is 2.23. The summed E-state index contributed by atoms with van der Waals surface area (Å²) < 4.78 is 22.5. The number of unbranched alkanes of at least 4 members (excludes halogenated alkanes) is 1. The molecule has 1 aliphatic heterocycles. The molecule has 0 aliphatic carbocycles. The van der Waals surface area contributed by atoms with Crippen molar-refractivity contribution in [2.24, 2.45) is 0 Å². The van der Waals surface area contributed by atoms with Crippen molar-refractivity contribution in [3.05, 3.63) is 60.2 Å². The maximum atomic E-state index is 12.5. The number of ketones is 1. The molecule has 1 fully saturated rings. The van der Waals surface area contributed by atoms with Crippen LogP contribution in [0.3, 0.4) is 0 Å². The Morgan fingerprint density at radius 1 is 0.938 bits per heavy atom. The Kier molecular flexibility index (Phi) is 8.41. The third-order valence-corrected chi connectivity index (χ3v) is 6.27. The van der Waals surface area contributed by atoms with Gasteiger partial charge in [-0.25, -0.2) is 8.42 Å². The normalized spacial score (nSPS) is 14.8.